The van der Waals surface area contributed by atoms with Crippen LogP contribution in [-0.4, -0.2) is 20.5 Å². The summed E-state index contributed by atoms with van der Waals surface area (Å²) in [6, 6.07) is 0. The van der Waals surface area contributed by atoms with E-state index in [1.807, 2.05) is 6.08 Å². The lowest BCUT2D eigenvalue weighted by molar-refractivity contribution is -0.107. The third-order valence-corrected chi connectivity index (χ3v) is 1.86. The Morgan fingerprint density at radius 2 is 1.92 bits per heavy atom. The molecule has 0 aromatic carbocycles. The Labute approximate surface area is 81.2 Å². The molecule has 0 rings (SSSR count). The van der Waals surface area contributed by atoms with Gasteiger partial charge in [0.25, 0.3) is 0 Å². The molecular weight excluding hydrogens is 164 g/mol. The maximum absolute atomic E-state index is 5.07. The summed E-state index contributed by atoms with van der Waals surface area (Å²) in [6.45, 7) is 3.61. The quantitative estimate of drug-likeness (QED) is 0.328. The van der Waals surface area contributed by atoms with Crippen LogP contribution in [0, 0.1) is 0 Å². The van der Waals surface area contributed by atoms with Crippen LogP contribution in [-0.2, 0) is 9.47 Å². The smallest absolute Gasteiger partial charge is 0.156 e. The number of unbranched alkanes of at least 4 members (excludes halogenated alkanes) is 2. The Morgan fingerprint density at radius 3 is 2.46 bits per heavy atom. The fourth-order valence-corrected chi connectivity index (χ4v) is 1.10. The van der Waals surface area contributed by atoms with E-state index in [-0.39, 0.29) is 6.29 Å². The molecule has 0 bridgehead atoms. The second kappa shape index (κ2) is 9.49. The molecule has 0 N–H and O–H groups in total. The normalized spacial score (nSPS) is 11.3. The van der Waals surface area contributed by atoms with E-state index < -0.39 is 0 Å². The van der Waals surface area contributed by atoms with Gasteiger partial charge in [0.15, 0.2) is 6.29 Å². The molecule has 0 saturated carbocycles. The summed E-state index contributed by atoms with van der Waals surface area (Å²) in [7, 11) is 3.34. The van der Waals surface area contributed by atoms with E-state index >= 15 is 0 Å². The summed E-state index contributed by atoms with van der Waals surface area (Å²) in [5, 5.41) is 0. The molecule has 0 aromatic heterocycles. The third kappa shape index (κ3) is 7.75. The van der Waals surface area contributed by atoms with Gasteiger partial charge >= 0.3 is 0 Å². The van der Waals surface area contributed by atoms with Crippen molar-refractivity contribution in [3.8, 4) is 0 Å². The molecule has 0 saturated heterocycles. The number of rotatable bonds is 8. The highest BCUT2D eigenvalue weighted by molar-refractivity contribution is 4.96. The van der Waals surface area contributed by atoms with Gasteiger partial charge in [-0.3, -0.25) is 0 Å². The summed E-state index contributed by atoms with van der Waals surface area (Å²) in [5.74, 6) is 0. The van der Waals surface area contributed by atoms with Crippen molar-refractivity contribution in [3.63, 3.8) is 0 Å². The lowest BCUT2D eigenvalue weighted by Gasteiger charge is -2.11. The Morgan fingerprint density at radius 1 is 1.23 bits per heavy atom. The third-order valence-electron chi connectivity index (χ3n) is 1.86. The van der Waals surface area contributed by atoms with Gasteiger partial charge in [-0.1, -0.05) is 24.8 Å². The van der Waals surface area contributed by atoms with Crippen LogP contribution in [0.5, 0.6) is 0 Å². The van der Waals surface area contributed by atoms with Gasteiger partial charge in [-0.25, -0.2) is 0 Å². The molecule has 76 valence electrons. The lowest BCUT2D eigenvalue weighted by Crippen LogP contribution is -2.12. The second-order valence-electron chi connectivity index (χ2n) is 2.85. The molecule has 0 aromatic rings. The molecule has 0 unspecified atom stereocenters. The van der Waals surface area contributed by atoms with Crippen LogP contribution in [0.15, 0.2) is 24.8 Å². The van der Waals surface area contributed by atoms with Crippen molar-refractivity contribution in [1.82, 2.24) is 0 Å². The molecule has 0 radical (unpaired) electrons. The van der Waals surface area contributed by atoms with E-state index in [1.165, 1.54) is 6.42 Å². The Bertz CT molecular complexity index is 137. The van der Waals surface area contributed by atoms with E-state index in [9.17, 15) is 0 Å². The predicted molar refractivity (Wildman–Crippen MR) is 55.6 cm³/mol. The molecule has 0 atom stereocenters. The monoisotopic (exact) mass is 184 g/mol. The Hall–Kier alpha value is -0.600. The number of ether oxygens (including phenoxy) is 2. The van der Waals surface area contributed by atoms with Gasteiger partial charge in [0.2, 0.25) is 0 Å². The number of methoxy groups -OCH3 is 2. The number of hydrogen-bond acceptors (Lipinski definition) is 2. The molecule has 0 aliphatic rings. The topological polar surface area (TPSA) is 18.5 Å². The second-order valence-corrected chi connectivity index (χ2v) is 2.85. The van der Waals surface area contributed by atoms with Crippen molar-refractivity contribution in [3.05, 3.63) is 24.8 Å². The highest BCUT2D eigenvalue weighted by Crippen LogP contribution is 2.06. The van der Waals surface area contributed by atoms with Crippen molar-refractivity contribution in [2.24, 2.45) is 0 Å². The zero-order valence-electron chi connectivity index (χ0n) is 8.66. The maximum atomic E-state index is 5.07. The molecule has 2 heteroatoms. The van der Waals surface area contributed by atoms with E-state index in [4.69, 9.17) is 9.47 Å². The van der Waals surface area contributed by atoms with Crippen LogP contribution >= 0.6 is 0 Å². The first-order valence-corrected chi connectivity index (χ1v) is 4.68. The van der Waals surface area contributed by atoms with E-state index in [0.29, 0.717) is 0 Å². The standard InChI is InChI=1S/C11H20O2/c1-4-5-6-7-8-9-10-11(12-2)13-3/h4-6,11H,1,7-10H2,2-3H3. The van der Waals surface area contributed by atoms with Gasteiger partial charge in [-0.15, -0.1) is 0 Å². The SMILES string of the molecule is C=CC=CCCCCC(OC)OC. The maximum Gasteiger partial charge on any atom is 0.156 e. The minimum Gasteiger partial charge on any atom is -0.356 e. The summed E-state index contributed by atoms with van der Waals surface area (Å²) in [5.41, 5.74) is 0. The van der Waals surface area contributed by atoms with Gasteiger partial charge in [-0.05, 0) is 25.7 Å². The Kier molecular flexibility index (Phi) is 9.05. The molecule has 0 spiro atoms. The Balaban J connectivity index is 3.23. The number of allylic oxidation sites excluding steroid dienone is 3. The van der Waals surface area contributed by atoms with Crippen LogP contribution in [0.2, 0.25) is 0 Å². The van der Waals surface area contributed by atoms with E-state index in [1.54, 1.807) is 20.3 Å². The van der Waals surface area contributed by atoms with E-state index in [0.717, 1.165) is 19.3 Å². The molecule has 0 fully saturated rings. The molecule has 0 aliphatic heterocycles. The molecule has 2 nitrogen and oxygen atoms in total. The highest BCUT2D eigenvalue weighted by atomic mass is 16.7. The molecule has 0 aliphatic carbocycles. The van der Waals surface area contributed by atoms with Crippen molar-refractivity contribution >= 4 is 0 Å². The zero-order valence-corrected chi connectivity index (χ0v) is 8.66. The fourth-order valence-electron chi connectivity index (χ4n) is 1.10. The minimum absolute atomic E-state index is 0.0385. The first-order chi connectivity index (χ1) is 6.35. The first-order valence-electron chi connectivity index (χ1n) is 4.68. The van der Waals surface area contributed by atoms with Crippen molar-refractivity contribution in [2.45, 2.75) is 32.0 Å². The van der Waals surface area contributed by atoms with Crippen LogP contribution in [0.25, 0.3) is 0 Å². The summed E-state index contributed by atoms with van der Waals surface area (Å²) in [4.78, 5) is 0. The summed E-state index contributed by atoms with van der Waals surface area (Å²) >= 11 is 0. The highest BCUT2D eigenvalue weighted by Gasteiger charge is 2.02. The molecule has 13 heavy (non-hydrogen) atoms. The fraction of sp³-hybridized carbons (Fsp3) is 0.636. The summed E-state index contributed by atoms with van der Waals surface area (Å²) in [6.07, 6.45) is 10.2. The van der Waals surface area contributed by atoms with Crippen LogP contribution in [0.1, 0.15) is 25.7 Å². The van der Waals surface area contributed by atoms with Gasteiger partial charge < -0.3 is 9.47 Å². The molecule has 0 heterocycles. The van der Waals surface area contributed by atoms with Crippen molar-refractivity contribution in [2.75, 3.05) is 14.2 Å². The van der Waals surface area contributed by atoms with Gasteiger partial charge in [0.05, 0.1) is 0 Å². The largest absolute Gasteiger partial charge is 0.356 e. The van der Waals surface area contributed by atoms with Crippen molar-refractivity contribution < 1.29 is 9.47 Å². The average molecular weight is 184 g/mol. The predicted octanol–water partition coefficient (Wildman–Crippen LogP) is 2.91. The first kappa shape index (κ1) is 12.4. The molecular formula is C11H20O2. The van der Waals surface area contributed by atoms with E-state index in [2.05, 4.69) is 12.7 Å². The minimum atomic E-state index is -0.0385. The van der Waals surface area contributed by atoms with Crippen LogP contribution < -0.4 is 0 Å². The zero-order chi connectivity index (χ0) is 9.94. The van der Waals surface area contributed by atoms with Crippen molar-refractivity contribution in [1.29, 1.82) is 0 Å². The van der Waals surface area contributed by atoms with Gasteiger partial charge in [0, 0.05) is 14.2 Å². The van der Waals surface area contributed by atoms with Crippen LogP contribution in [0.4, 0.5) is 0 Å². The number of hydrogen-bond donors (Lipinski definition) is 0. The average Bonchev–Trinajstić information content (AvgIpc) is 2.17. The molecule has 0 amide bonds. The van der Waals surface area contributed by atoms with Gasteiger partial charge in [0.1, 0.15) is 0 Å². The van der Waals surface area contributed by atoms with Crippen LogP contribution in [0.3, 0.4) is 0 Å². The lowest BCUT2D eigenvalue weighted by atomic mass is 10.2. The summed E-state index contributed by atoms with van der Waals surface area (Å²) < 4.78 is 10.1. The van der Waals surface area contributed by atoms with Gasteiger partial charge in [-0.2, -0.15) is 0 Å².